The lowest BCUT2D eigenvalue weighted by Crippen LogP contribution is -2.32. The lowest BCUT2D eigenvalue weighted by atomic mass is 10.0. The Bertz CT molecular complexity index is 1130. The van der Waals surface area contributed by atoms with Gasteiger partial charge in [0.2, 0.25) is 0 Å². The highest BCUT2D eigenvalue weighted by molar-refractivity contribution is 7.20. The van der Waals surface area contributed by atoms with Gasteiger partial charge >= 0.3 is 5.97 Å². The fourth-order valence-corrected chi connectivity index (χ4v) is 3.94. The molecular weight excluding hydrogens is 382 g/mol. The predicted octanol–water partition coefficient (Wildman–Crippen LogP) is 1.85. The SMILES string of the molecule is COC(=O)CC(C(=O)c1ccccc1)n1cnc2sc(C(N)=O)c(C)c2c1=O. The molecule has 144 valence electrons. The summed E-state index contributed by atoms with van der Waals surface area (Å²) in [5.41, 5.74) is 5.59. The second-order valence-corrected chi connectivity index (χ2v) is 7.08. The summed E-state index contributed by atoms with van der Waals surface area (Å²) >= 11 is 1.01. The number of fused-ring (bicyclic) bond motifs is 1. The van der Waals surface area contributed by atoms with Gasteiger partial charge in [-0.15, -0.1) is 11.3 Å². The summed E-state index contributed by atoms with van der Waals surface area (Å²) in [5, 5.41) is 0.206. The molecule has 0 radical (unpaired) electrons. The van der Waals surface area contributed by atoms with E-state index in [1.165, 1.54) is 13.4 Å². The average molecular weight is 399 g/mol. The van der Waals surface area contributed by atoms with E-state index in [0.29, 0.717) is 16.0 Å². The van der Waals surface area contributed by atoms with E-state index < -0.39 is 29.3 Å². The number of ketones is 1. The zero-order valence-electron chi connectivity index (χ0n) is 15.2. The van der Waals surface area contributed by atoms with Crippen LogP contribution < -0.4 is 11.3 Å². The van der Waals surface area contributed by atoms with Crippen molar-refractivity contribution in [1.82, 2.24) is 9.55 Å². The van der Waals surface area contributed by atoms with E-state index in [-0.39, 0.29) is 16.7 Å². The van der Waals surface area contributed by atoms with E-state index in [9.17, 15) is 19.2 Å². The molecule has 9 heteroatoms. The third-order valence-electron chi connectivity index (χ3n) is 4.38. The Morgan fingerprint density at radius 1 is 1.25 bits per heavy atom. The van der Waals surface area contributed by atoms with Crippen molar-refractivity contribution in [2.24, 2.45) is 5.73 Å². The molecule has 0 aliphatic carbocycles. The maximum absolute atomic E-state index is 13.1. The van der Waals surface area contributed by atoms with Crippen molar-refractivity contribution in [2.45, 2.75) is 19.4 Å². The third-order valence-corrected chi connectivity index (χ3v) is 5.60. The van der Waals surface area contributed by atoms with Gasteiger partial charge in [0.25, 0.3) is 11.5 Å². The van der Waals surface area contributed by atoms with Crippen LogP contribution in [0, 0.1) is 6.92 Å². The molecule has 0 saturated carbocycles. The number of hydrogen-bond donors (Lipinski definition) is 1. The summed E-state index contributed by atoms with van der Waals surface area (Å²) in [7, 11) is 1.21. The zero-order valence-corrected chi connectivity index (χ0v) is 16.0. The summed E-state index contributed by atoms with van der Waals surface area (Å²) in [6, 6.07) is 7.21. The van der Waals surface area contributed by atoms with E-state index in [4.69, 9.17) is 5.73 Å². The van der Waals surface area contributed by atoms with Crippen LogP contribution in [-0.4, -0.2) is 34.3 Å². The van der Waals surface area contributed by atoms with Crippen molar-refractivity contribution in [3.63, 3.8) is 0 Å². The van der Waals surface area contributed by atoms with E-state index in [1.807, 2.05) is 0 Å². The number of thiophene rings is 1. The number of ether oxygens (including phenoxy) is 1. The highest BCUT2D eigenvalue weighted by atomic mass is 32.1. The summed E-state index contributed by atoms with van der Waals surface area (Å²) in [6.07, 6.45) is 0.878. The third kappa shape index (κ3) is 3.44. The van der Waals surface area contributed by atoms with Crippen LogP contribution >= 0.6 is 11.3 Å². The van der Waals surface area contributed by atoms with E-state index in [1.54, 1.807) is 37.3 Å². The summed E-state index contributed by atoms with van der Waals surface area (Å²) < 4.78 is 5.80. The standard InChI is InChI=1S/C19H17N3O5S/c1-10-14-18(28-16(10)17(20)25)21-9-22(19(14)26)12(8-13(23)27-2)15(24)11-6-4-3-5-7-11/h3-7,9,12H,8H2,1-2H3,(H2,20,25). The molecule has 0 aliphatic rings. The van der Waals surface area contributed by atoms with Gasteiger partial charge < -0.3 is 10.5 Å². The number of esters is 1. The maximum Gasteiger partial charge on any atom is 0.308 e. The molecule has 1 amide bonds. The van der Waals surface area contributed by atoms with E-state index in [2.05, 4.69) is 9.72 Å². The number of carbonyl (C=O) groups excluding carboxylic acids is 3. The van der Waals surface area contributed by atoms with Crippen LogP contribution in [0.2, 0.25) is 0 Å². The van der Waals surface area contributed by atoms with E-state index >= 15 is 0 Å². The molecule has 1 atom stereocenters. The fourth-order valence-electron chi connectivity index (χ4n) is 2.95. The van der Waals surface area contributed by atoms with Crippen LogP contribution in [0.25, 0.3) is 10.2 Å². The molecule has 0 aliphatic heterocycles. The van der Waals surface area contributed by atoms with Crippen molar-refractivity contribution in [3.8, 4) is 0 Å². The molecular formula is C19H17N3O5S. The van der Waals surface area contributed by atoms with Crippen LogP contribution in [0.4, 0.5) is 0 Å². The highest BCUT2D eigenvalue weighted by Crippen LogP contribution is 2.27. The molecule has 2 heterocycles. The Kier molecular flexibility index (Phi) is 5.36. The Morgan fingerprint density at radius 2 is 1.93 bits per heavy atom. The number of hydrogen-bond acceptors (Lipinski definition) is 7. The molecule has 3 rings (SSSR count). The number of nitrogens with zero attached hydrogens (tertiary/aromatic N) is 2. The molecule has 1 aromatic carbocycles. The molecule has 0 saturated heterocycles. The average Bonchev–Trinajstić information content (AvgIpc) is 3.04. The van der Waals surface area contributed by atoms with Gasteiger partial charge in [-0.05, 0) is 12.5 Å². The number of carbonyl (C=O) groups is 3. The minimum atomic E-state index is -1.13. The normalized spacial score (nSPS) is 11.9. The molecule has 2 N–H and O–H groups in total. The lowest BCUT2D eigenvalue weighted by Gasteiger charge is -2.17. The Morgan fingerprint density at radius 3 is 2.54 bits per heavy atom. The lowest BCUT2D eigenvalue weighted by molar-refractivity contribution is -0.141. The Labute approximate surface area is 163 Å². The number of methoxy groups -OCH3 is 1. The van der Waals surface area contributed by atoms with Crippen LogP contribution in [0.15, 0.2) is 41.5 Å². The largest absolute Gasteiger partial charge is 0.469 e. The van der Waals surface area contributed by atoms with Crippen molar-refractivity contribution in [3.05, 3.63) is 63.0 Å². The first kappa shape index (κ1) is 19.4. The second-order valence-electron chi connectivity index (χ2n) is 6.08. The number of aryl methyl sites for hydroxylation is 1. The van der Waals surface area contributed by atoms with Crippen LogP contribution in [0.3, 0.4) is 0 Å². The van der Waals surface area contributed by atoms with Crippen LogP contribution in [0.5, 0.6) is 0 Å². The van der Waals surface area contributed by atoms with Gasteiger partial charge in [0.15, 0.2) is 5.78 Å². The molecule has 8 nitrogen and oxygen atoms in total. The smallest absolute Gasteiger partial charge is 0.308 e. The van der Waals surface area contributed by atoms with Gasteiger partial charge in [-0.25, -0.2) is 4.98 Å². The van der Waals surface area contributed by atoms with E-state index in [0.717, 1.165) is 15.9 Å². The van der Waals surface area contributed by atoms with Crippen molar-refractivity contribution < 1.29 is 19.1 Å². The van der Waals surface area contributed by atoms with Gasteiger partial charge in [0.1, 0.15) is 10.9 Å². The molecule has 2 aromatic heterocycles. The van der Waals surface area contributed by atoms with Gasteiger partial charge in [-0.1, -0.05) is 30.3 Å². The minimum Gasteiger partial charge on any atom is -0.469 e. The topological polar surface area (TPSA) is 121 Å². The van der Waals surface area contributed by atoms with Gasteiger partial charge in [0, 0.05) is 5.56 Å². The van der Waals surface area contributed by atoms with Crippen LogP contribution in [-0.2, 0) is 9.53 Å². The molecule has 0 spiro atoms. The first-order valence-corrected chi connectivity index (χ1v) is 9.13. The number of benzene rings is 1. The van der Waals surface area contributed by atoms with Crippen molar-refractivity contribution >= 4 is 39.2 Å². The van der Waals surface area contributed by atoms with Crippen molar-refractivity contribution in [1.29, 1.82) is 0 Å². The van der Waals surface area contributed by atoms with Gasteiger partial charge in [-0.3, -0.25) is 23.7 Å². The first-order valence-electron chi connectivity index (χ1n) is 8.31. The monoisotopic (exact) mass is 399 g/mol. The number of nitrogens with two attached hydrogens (primary N) is 1. The number of amides is 1. The number of aromatic nitrogens is 2. The summed E-state index contributed by atoms with van der Waals surface area (Å²) in [5.74, 6) is -1.71. The fraction of sp³-hybridized carbons (Fsp3) is 0.211. The van der Waals surface area contributed by atoms with Gasteiger partial charge in [-0.2, -0.15) is 0 Å². The molecule has 0 fully saturated rings. The quantitative estimate of drug-likeness (QED) is 0.499. The zero-order chi connectivity index (χ0) is 20.4. The predicted molar refractivity (Wildman–Crippen MR) is 104 cm³/mol. The Balaban J connectivity index is 2.18. The van der Waals surface area contributed by atoms with Crippen LogP contribution in [0.1, 0.15) is 38.1 Å². The number of Topliss-reactive ketones (excluding diaryl/α,β-unsaturated/α-hetero) is 1. The summed E-state index contributed by atoms with van der Waals surface area (Å²) in [4.78, 5) is 54.4. The molecule has 1 unspecified atom stereocenters. The molecule has 3 aromatic rings. The summed E-state index contributed by atoms with van der Waals surface area (Å²) in [6.45, 7) is 1.60. The number of primary amides is 1. The molecule has 28 heavy (non-hydrogen) atoms. The highest BCUT2D eigenvalue weighted by Gasteiger charge is 2.28. The number of rotatable bonds is 6. The minimum absolute atomic E-state index is 0.206. The Hall–Kier alpha value is -3.33. The molecule has 0 bridgehead atoms. The van der Waals surface area contributed by atoms with Crippen molar-refractivity contribution in [2.75, 3.05) is 7.11 Å². The van der Waals surface area contributed by atoms with Gasteiger partial charge in [0.05, 0.1) is 30.1 Å². The maximum atomic E-state index is 13.1. The second kappa shape index (κ2) is 7.73. The first-order chi connectivity index (χ1) is 13.3.